The molecular weight excluding hydrogens is 366 g/mol. The smallest absolute Gasteiger partial charge is 0.253 e. The molecule has 2 aromatic rings. The third kappa shape index (κ3) is 4.01. The van der Waals surface area contributed by atoms with Gasteiger partial charge in [-0.1, -0.05) is 12.1 Å². The van der Waals surface area contributed by atoms with E-state index in [2.05, 4.69) is 0 Å². The second kappa shape index (κ2) is 7.50. The van der Waals surface area contributed by atoms with Gasteiger partial charge >= 0.3 is 0 Å². The summed E-state index contributed by atoms with van der Waals surface area (Å²) < 4.78 is 26.9. The van der Waals surface area contributed by atoms with Crippen LogP contribution in [-0.4, -0.2) is 55.5 Å². The number of benzene rings is 2. The van der Waals surface area contributed by atoms with Crippen molar-refractivity contribution in [3.8, 4) is 0 Å². The first-order chi connectivity index (χ1) is 12.8. The van der Waals surface area contributed by atoms with Gasteiger partial charge in [-0.05, 0) is 43.3 Å². The van der Waals surface area contributed by atoms with Gasteiger partial charge in [-0.25, -0.2) is 8.42 Å². The zero-order chi connectivity index (χ0) is 19.6. The van der Waals surface area contributed by atoms with Gasteiger partial charge in [0, 0.05) is 43.0 Å². The lowest BCUT2D eigenvalue weighted by Crippen LogP contribution is -2.50. The van der Waals surface area contributed by atoms with Crippen LogP contribution in [0.4, 0.5) is 5.69 Å². The number of rotatable bonds is 4. The maximum absolute atomic E-state index is 12.8. The van der Waals surface area contributed by atoms with Crippen molar-refractivity contribution in [2.24, 2.45) is 0 Å². The molecule has 1 saturated heterocycles. The number of carbonyl (C=O) groups is 2. The lowest BCUT2D eigenvalue weighted by Gasteiger charge is -2.34. The summed E-state index contributed by atoms with van der Waals surface area (Å²) in [6.07, 6.45) is 0. The molecule has 7 nitrogen and oxygen atoms in total. The van der Waals surface area contributed by atoms with Crippen molar-refractivity contribution in [3.63, 3.8) is 0 Å². The summed E-state index contributed by atoms with van der Waals surface area (Å²) in [5, 5.41) is 0. The molecule has 0 radical (unpaired) electrons. The van der Waals surface area contributed by atoms with Crippen LogP contribution in [0, 0.1) is 0 Å². The molecule has 27 heavy (non-hydrogen) atoms. The predicted octanol–water partition coefficient (Wildman–Crippen LogP) is 1.62. The molecule has 2 aromatic carbocycles. The van der Waals surface area contributed by atoms with E-state index in [-0.39, 0.29) is 29.7 Å². The Morgan fingerprint density at radius 2 is 1.37 bits per heavy atom. The molecule has 1 aliphatic heterocycles. The Morgan fingerprint density at radius 1 is 0.852 bits per heavy atom. The zero-order valence-corrected chi connectivity index (χ0v) is 15.8. The van der Waals surface area contributed by atoms with Crippen molar-refractivity contribution >= 4 is 27.4 Å². The molecule has 0 spiro atoms. The van der Waals surface area contributed by atoms with Crippen molar-refractivity contribution in [3.05, 3.63) is 59.7 Å². The number of amides is 1. The Labute approximate surface area is 158 Å². The number of sulfonamides is 1. The van der Waals surface area contributed by atoms with Gasteiger partial charge in [-0.3, -0.25) is 9.59 Å². The molecule has 0 aromatic heterocycles. The number of hydrogen-bond acceptors (Lipinski definition) is 5. The van der Waals surface area contributed by atoms with Gasteiger partial charge in [0.15, 0.2) is 5.78 Å². The van der Waals surface area contributed by atoms with Crippen molar-refractivity contribution < 1.29 is 18.0 Å². The van der Waals surface area contributed by atoms with Crippen molar-refractivity contribution in [2.75, 3.05) is 31.9 Å². The van der Waals surface area contributed by atoms with Gasteiger partial charge in [0.25, 0.3) is 5.91 Å². The molecule has 3 rings (SSSR count). The average Bonchev–Trinajstić information content (AvgIpc) is 2.68. The number of carbonyl (C=O) groups excluding carboxylic acids is 2. The van der Waals surface area contributed by atoms with Gasteiger partial charge in [-0.15, -0.1) is 0 Å². The van der Waals surface area contributed by atoms with Gasteiger partial charge < -0.3 is 10.6 Å². The molecule has 0 unspecified atom stereocenters. The van der Waals surface area contributed by atoms with Crippen LogP contribution in [0.15, 0.2) is 53.4 Å². The highest BCUT2D eigenvalue weighted by Gasteiger charge is 2.30. The van der Waals surface area contributed by atoms with Gasteiger partial charge in [-0.2, -0.15) is 4.31 Å². The van der Waals surface area contributed by atoms with E-state index in [1.165, 1.54) is 35.5 Å². The first-order valence-electron chi connectivity index (χ1n) is 8.55. The summed E-state index contributed by atoms with van der Waals surface area (Å²) in [4.78, 5) is 25.6. The Bertz CT molecular complexity index is 945. The third-order valence-electron chi connectivity index (χ3n) is 4.58. The van der Waals surface area contributed by atoms with E-state index in [0.717, 1.165) is 0 Å². The van der Waals surface area contributed by atoms with E-state index in [9.17, 15) is 18.0 Å². The Kier molecular flexibility index (Phi) is 5.29. The van der Waals surface area contributed by atoms with E-state index < -0.39 is 10.0 Å². The van der Waals surface area contributed by atoms with Crippen LogP contribution < -0.4 is 5.73 Å². The number of piperazine rings is 1. The Hall–Kier alpha value is -2.71. The van der Waals surface area contributed by atoms with Crippen LogP contribution in [0.5, 0.6) is 0 Å². The fourth-order valence-corrected chi connectivity index (χ4v) is 4.37. The molecule has 1 fully saturated rings. The topological polar surface area (TPSA) is 101 Å². The van der Waals surface area contributed by atoms with Gasteiger partial charge in [0.2, 0.25) is 10.0 Å². The fraction of sp³-hybridized carbons (Fsp3) is 0.263. The molecule has 142 valence electrons. The van der Waals surface area contributed by atoms with Crippen LogP contribution >= 0.6 is 0 Å². The molecule has 1 amide bonds. The first-order valence-corrected chi connectivity index (χ1v) is 9.99. The fourth-order valence-electron chi connectivity index (χ4n) is 2.95. The second-order valence-electron chi connectivity index (χ2n) is 6.40. The van der Waals surface area contributed by atoms with E-state index in [1.54, 1.807) is 29.2 Å². The highest BCUT2D eigenvalue weighted by molar-refractivity contribution is 7.89. The number of ketones is 1. The molecule has 0 saturated carbocycles. The summed E-state index contributed by atoms with van der Waals surface area (Å²) in [7, 11) is -3.66. The van der Waals surface area contributed by atoms with Crippen LogP contribution in [0.25, 0.3) is 0 Å². The maximum Gasteiger partial charge on any atom is 0.253 e. The van der Waals surface area contributed by atoms with Crippen LogP contribution in [0.3, 0.4) is 0 Å². The van der Waals surface area contributed by atoms with Crippen molar-refractivity contribution in [1.82, 2.24) is 9.21 Å². The maximum atomic E-state index is 12.8. The number of Topliss-reactive ketones (excluding diaryl/α,β-unsaturated/α-hetero) is 1. The van der Waals surface area contributed by atoms with Crippen LogP contribution in [0.1, 0.15) is 27.6 Å². The molecule has 2 N–H and O–H groups in total. The van der Waals surface area contributed by atoms with Crippen LogP contribution in [-0.2, 0) is 10.0 Å². The Balaban J connectivity index is 1.68. The minimum atomic E-state index is -3.66. The number of hydrogen-bond donors (Lipinski definition) is 1. The van der Waals surface area contributed by atoms with Gasteiger partial charge in [0.1, 0.15) is 0 Å². The summed E-state index contributed by atoms with van der Waals surface area (Å²) in [6.45, 7) is 2.50. The molecule has 1 heterocycles. The van der Waals surface area contributed by atoms with E-state index in [4.69, 9.17) is 5.73 Å². The number of nitrogens with zero attached hydrogens (tertiary/aromatic N) is 2. The van der Waals surface area contributed by atoms with E-state index in [1.807, 2.05) is 0 Å². The third-order valence-corrected chi connectivity index (χ3v) is 6.49. The largest absolute Gasteiger partial charge is 0.399 e. The molecule has 0 atom stereocenters. The number of nitrogen functional groups attached to an aromatic ring is 1. The summed E-state index contributed by atoms with van der Waals surface area (Å²) in [6, 6.07) is 12.6. The highest BCUT2D eigenvalue weighted by atomic mass is 32.2. The summed E-state index contributed by atoms with van der Waals surface area (Å²) >= 11 is 0. The summed E-state index contributed by atoms with van der Waals surface area (Å²) in [5.74, 6) is -0.258. The van der Waals surface area contributed by atoms with E-state index >= 15 is 0 Å². The molecule has 0 bridgehead atoms. The summed E-state index contributed by atoms with van der Waals surface area (Å²) in [5.41, 5.74) is 7.21. The minimum Gasteiger partial charge on any atom is -0.399 e. The molecule has 8 heteroatoms. The lowest BCUT2D eigenvalue weighted by molar-refractivity contribution is 0.0698. The zero-order valence-electron chi connectivity index (χ0n) is 15.0. The average molecular weight is 387 g/mol. The van der Waals surface area contributed by atoms with Crippen molar-refractivity contribution in [1.29, 1.82) is 0 Å². The predicted molar refractivity (Wildman–Crippen MR) is 102 cm³/mol. The standard InChI is InChI=1S/C19H21N3O4S/c1-14(23)15-4-8-18(9-5-15)27(25,26)22-12-10-21(11-13-22)19(24)16-2-6-17(20)7-3-16/h2-9H,10-13,20H2,1H3. The van der Waals surface area contributed by atoms with Crippen LogP contribution in [0.2, 0.25) is 0 Å². The normalized spacial score (nSPS) is 15.5. The Morgan fingerprint density at radius 3 is 1.89 bits per heavy atom. The second-order valence-corrected chi connectivity index (χ2v) is 8.34. The number of anilines is 1. The minimum absolute atomic E-state index is 0.117. The molecule has 1 aliphatic rings. The first kappa shape index (κ1) is 19.1. The SMILES string of the molecule is CC(=O)c1ccc(S(=O)(=O)N2CCN(C(=O)c3ccc(N)cc3)CC2)cc1. The molecular formula is C19H21N3O4S. The van der Waals surface area contributed by atoms with Crippen molar-refractivity contribution in [2.45, 2.75) is 11.8 Å². The number of nitrogens with two attached hydrogens (primary N) is 1. The lowest BCUT2D eigenvalue weighted by atomic mass is 10.1. The van der Waals surface area contributed by atoms with Gasteiger partial charge in [0.05, 0.1) is 4.90 Å². The quantitative estimate of drug-likeness (QED) is 0.635. The highest BCUT2D eigenvalue weighted by Crippen LogP contribution is 2.19. The molecule has 0 aliphatic carbocycles. The monoisotopic (exact) mass is 387 g/mol. The van der Waals surface area contributed by atoms with E-state index in [0.29, 0.717) is 29.9 Å².